The van der Waals surface area contributed by atoms with Crippen LogP contribution in [-0.2, 0) is 5.41 Å². The summed E-state index contributed by atoms with van der Waals surface area (Å²) in [6.07, 6.45) is -11.5. The Balaban J connectivity index is 1.75. The number of hydrogen-bond donors (Lipinski definition) is 0. The molecular weight excluding hydrogens is 474 g/mol. The Morgan fingerprint density at radius 3 is 1.69 bits per heavy atom. The molecule has 0 N–H and O–H groups in total. The van der Waals surface area contributed by atoms with Gasteiger partial charge in [-0.2, -0.15) is 26.3 Å². The van der Waals surface area contributed by atoms with Crippen LogP contribution >= 0.6 is 0 Å². The summed E-state index contributed by atoms with van der Waals surface area (Å²) in [7, 11) is 0. The standard InChI is InChI=1S/C25H16F6N2O2/c1-13-3-5-15(6-4-13)22-33-19-12-17(8-10-21(19)35-22)23(24(26,27)28,25(29,30)31)16-7-9-20-18(11-16)32-14(2)34-20/h3-12H,1-2H3. The van der Waals surface area contributed by atoms with Gasteiger partial charge in [-0.1, -0.05) is 29.8 Å². The molecular formula is C25H16F6N2O2. The molecule has 0 radical (unpaired) electrons. The molecule has 0 saturated heterocycles. The zero-order chi connectivity index (χ0) is 25.2. The maximum absolute atomic E-state index is 14.5. The van der Waals surface area contributed by atoms with E-state index in [1.165, 1.54) is 6.92 Å². The second-order valence-electron chi connectivity index (χ2n) is 8.23. The van der Waals surface area contributed by atoms with Gasteiger partial charge in [0.15, 0.2) is 17.1 Å². The Morgan fingerprint density at radius 2 is 1.14 bits per heavy atom. The lowest BCUT2D eigenvalue weighted by Crippen LogP contribution is -2.54. The van der Waals surface area contributed by atoms with Gasteiger partial charge in [-0.25, -0.2) is 9.97 Å². The molecule has 0 aliphatic carbocycles. The van der Waals surface area contributed by atoms with E-state index in [0.29, 0.717) is 5.56 Å². The van der Waals surface area contributed by atoms with Crippen molar-refractivity contribution in [2.45, 2.75) is 31.6 Å². The quantitative estimate of drug-likeness (QED) is 0.244. The first-order valence-corrected chi connectivity index (χ1v) is 10.4. The molecule has 4 nitrogen and oxygen atoms in total. The Morgan fingerprint density at radius 1 is 0.629 bits per heavy atom. The number of alkyl halides is 6. The number of benzene rings is 3. The molecule has 0 bridgehead atoms. The average molecular weight is 490 g/mol. The molecule has 5 aromatic rings. The summed E-state index contributed by atoms with van der Waals surface area (Å²) >= 11 is 0. The van der Waals surface area contributed by atoms with E-state index in [1.54, 1.807) is 24.3 Å². The highest BCUT2D eigenvalue weighted by Crippen LogP contribution is 2.56. The van der Waals surface area contributed by atoms with E-state index in [-0.39, 0.29) is 34.0 Å². The molecule has 0 unspecified atom stereocenters. The molecule has 0 saturated carbocycles. The van der Waals surface area contributed by atoms with Crippen LogP contribution in [-0.4, -0.2) is 22.3 Å². The lowest BCUT2D eigenvalue weighted by Gasteiger charge is -2.38. The van der Waals surface area contributed by atoms with Gasteiger partial charge in [0.1, 0.15) is 11.0 Å². The van der Waals surface area contributed by atoms with E-state index in [9.17, 15) is 26.3 Å². The van der Waals surface area contributed by atoms with Gasteiger partial charge < -0.3 is 8.83 Å². The van der Waals surface area contributed by atoms with Gasteiger partial charge in [0.25, 0.3) is 0 Å². The Labute approximate surface area is 194 Å². The summed E-state index contributed by atoms with van der Waals surface area (Å²) < 4.78 is 98.1. The zero-order valence-corrected chi connectivity index (χ0v) is 18.3. The number of hydrogen-bond acceptors (Lipinski definition) is 4. The lowest BCUT2D eigenvalue weighted by molar-refractivity contribution is -0.288. The van der Waals surface area contributed by atoms with Gasteiger partial charge in [0, 0.05) is 12.5 Å². The summed E-state index contributed by atoms with van der Waals surface area (Å²) in [6, 6.07) is 12.2. The lowest BCUT2D eigenvalue weighted by atomic mass is 9.72. The van der Waals surface area contributed by atoms with Gasteiger partial charge in [-0.15, -0.1) is 0 Å². The number of fused-ring (bicyclic) bond motifs is 2. The first-order valence-electron chi connectivity index (χ1n) is 10.4. The maximum Gasteiger partial charge on any atom is 0.411 e. The fraction of sp³-hybridized carbons (Fsp3) is 0.200. The number of halogens is 6. The van der Waals surface area contributed by atoms with Crippen LogP contribution in [0, 0.1) is 13.8 Å². The van der Waals surface area contributed by atoms with E-state index < -0.39 is 28.9 Å². The van der Waals surface area contributed by atoms with Crippen molar-refractivity contribution in [3.05, 3.63) is 83.2 Å². The van der Waals surface area contributed by atoms with Crippen molar-refractivity contribution in [1.29, 1.82) is 0 Å². The SMILES string of the molecule is Cc1ccc(-c2nc3cc(C(c4ccc5oc(C)nc5c4)(C(F)(F)F)C(F)(F)F)ccc3o2)cc1. The van der Waals surface area contributed by atoms with Crippen LogP contribution < -0.4 is 0 Å². The Bertz CT molecular complexity index is 1530. The largest absolute Gasteiger partial charge is 0.441 e. The van der Waals surface area contributed by atoms with E-state index in [2.05, 4.69) is 9.97 Å². The second kappa shape index (κ2) is 7.59. The van der Waals surface area contributed by atoms with Gasteiger partial charge in [0.05, 0.1) is 0 Å². The molecule has 2 aromatic heterocycles. The van der Waals surface area contributed by atoms with Crippen LogP contribution in [0.25, 0.3) is 33.7 Å². The maximum atomic E-state index is 14.5. The molecule has 3 aromatic carbocycles. The van der Waals surface area contributed by atoms with Crippen LogP contribution in [0.4, 0.5) is 26.3 Å². The van der Waals surface area contributed by atoms with E-state index >= 15 is 0 Å². The second-order valence-corrected chi connectivity index (χ2v) is 8.23. The smallest absolute Gasteiger partial charge is 0.411 e. The topological polar surface area (TPSA) is 52.1 Å². The monoisotopic (exact) mass is 490 g/mol. The highest BCUT2D eigenvalue weighted by Gasteiger charge is 2.72. The minimum Gasteiger partial charge on any atom is -0.441 e. The third-order valence-electron chi connectivity index (χ3n) is 5.90. The summed E-state index contributed by atoms with van der Waals surface area (Å²) in [4.78, 5) is 8.08. The van der Waals surface area contributed by atoms with Crippen LogP contribution in [0.1, 0.15) is 22.6 Å². The highest BCUT2D eigenvalue weighted by molar-refractivity contribution is 5.79. The van der Waals surface area contributed by atoms with Gasteiger partial charge in [-0.05, 0) is 54.4 Å². The molecule has 5 rings (SSSR count). The summed E-state index contributed by atoms with van der Waals surface area (Å²) in [6.45, 7) is 3.32. The number of aryl methyl sites for hydroxylation is 2. The summed E-state index contributed by atoms with van der Waals surface area (Å²) in [5.41, 5.74) is -4.99. The highest BCUT2D eigenvalue weighted by atomic mass is 19.4. The molecule has 0 aliphatic heterocycles. The molecule has 0 aliphatic rings. The van der Waals surface area contributed by atoms with Crippen LogP contribution in [0.5, 0.6) is 0 Å². The van der Waals surface area contributed by atoms with Crippen molar-refractivity contribution in [3.8, 4) is 11.5 Å². The normalized spacial score (nSPS) is 13.1. The van der Waals surface area contributed by atoms with Crippen molar-refractivity contribution in [3.63, 3.8) is 0 Å². The number of aromatic nitrogens is 2. The molecule has 2 heterocycles. The number of oxazole rings is 2. The first-order chi connectivity index (χ1) is 16.4. The minimum atomic E-state index is -5.74. The molecule has 0 atom stereocenters. The molecule has 35 heavy (non-hydrogen) atoms. The average Bonchev–Trinajstić information content (AvgIpc) is 3.34. The van der Waals surface area contributed by atoms with Crippen molar-refractivity contribution >= 4 is 22.2 Å². The molecule has 10 heteroatoms. The summed E-state index contributed by atoms with van der Waals surface area (Å²) in [5, 5.41) is 0. The van der Waals surface area contributed by atoms with Gasteiger partial charge >= 0.3 is 12.4 Å². The zero-order valence-electron chi connectivity index (χ0n) is 18.3. The third kappa shape index (κ3) is 3.55. The Kier molecular flexibility index (Phi) is 4.98. The molecule has 0 spiro atoms. The predicted molar refractivity (Wildman–Crippen MR) is 116 cm³/mol. The van der Waals surface area contributed by atoms with E-state index in [0.717, 1.165) is 42.0 Å². The van der Waals surface area contributed by atoms with E-state index in [4.69, 9.17) is 8.83 Å². The van der Waals surface area contributed by atoms with Crippen LogP contribution in [0.2, 0.25) is 0 Å². The van der Waals surface area contributed by atoms with Crippen molar-refractivity contribution in [2.24, 2.45) is 0 Å². The molecule has 180 valence electrons. The van der Waals surface area contributed by atoms with Crippen molar-refractivity contribution < 1.29 is 35.2 Å². The fourth-order valence-electron chi connectivity index (χ4n) is 4.24. The third-order valence-corrected chi connectivity index (χ3v) is 5.90. The summed E-state index contributed by atoms with van der Waals surface area (Å²) in [5.74, 6) is 0.204. The van der Waals surface area contributed by atoms with Crippen LogP contribution in [0.3, 0.4) is 0 Å². The van der Waals surface area contributed by atoms with Crippen molar-refractivity contribution in [2.75, 3.05) is 0 Å². The first kappa shape index (κ1) is 22.9. The predicted octanol–water partition coefficient (Wildman–Crippen LogP) is 7.66. The van der Waals surface area contributed by atoms with Crippen LogP contribution in [0.15, 0.2) is 69.5 Å². The van der Waals surface area contributed by atoms with Crippen molar-refractivity contribution in [1.82, 2.24) is 9.97 Å². The molecule has 0 amide bonds. The fourth-order valence-corrected chi connectivity index (χ4v) is 4.24. The Hall–Kier alpha value is -3.82. The minimum absolute atomic E-state index is 0.0603. The molecule has 0 fully saturated rings. The number of rotatable bonds is 3. The van der Waals surface area contributed by atoms with Gasteiger partial charge in [-0.3, -0.25) is 0 Å². The number of nitrogens with zero attached hydrogens (tertiary/aromatic N) is 2. The van der Waals surface area contributed by atoms with Gasteiger partial charge in [0.2, 0.25) is 11.3 Å². The van der Waals surface area contributed by atoms with E-state index in [1.807, 2.05) is 6.92 Å².